The molecule has 2 aromatic rings. The van der Waals surface area contributed by atoms with Crippen molar-refractivity contribution >= 4 is 5.69 Å². The normalized spacial score (nSPS) is 12.2. The van der Waals surface area contributed by atoms with Crippen LogP contribution in [-0.4, -0.2) is 18.6 Å². The quantitative estimate of drug-likeness (QED) is 0.918. The van der Waals surface area contributed by atoms with Crippen LogP contribution in [0.4, 0.5) is 10.1 Å². The van der Waals surface area contributed by atoms with E-state index in [9.17, 15) is 4.39 Å². The largest absolute Gasteiger partial charge is 0.374 e. The van der Waals surface area contributed by atoms with E-state index in [1.54, 1.807) is 25.4 Å². The zero-order valence-corrected chi connectivity index (χ0v) is 12.8. The Morgan fingerprint density at radius 3 is 2.57 bits per heavy atom. The molecule has 0 unspecified atom stereocenters. The predicted molar refractivity (Wildman–Crippen MR) is 85.0 cm³/mol. The van der Waals surface area contributed by atoms with E-state index in [0.717, 1.165) is 24.2 Å². The summed E-state index contributed by atoms with van der Waals surface area (Å²) in [5.74, 6) is -0.200. The maximum atomic E-state index is 13.8. The summed E-state index contributed by atoms with van der Waals surface area (Å²) < 4.78 is 13.8. The third-order valence-corrected chi connectivity index (χ3v) is 3.69. The summed E-state index contributed by atoms with van der Waals surface area (Å²) >= 11 is 0. The van der Waals surface area contributed by atoms with Crippen molar-refractivity contribution in [2.45, 2.75) is 26.3 Å². The van der Waals surface area contributed by atoms with Crippen LogP contribution in [0.25, 0.3) is 0 Å². The zero-order valence-electron chi connectivity index (χ0n) is 12.8. The van der Waals surface area contributed by atoms with Crippen molar-refractivity contribution in [1.29, 1.82) is 0 Å². The number of hydrogen-bond acceptors (Lipinski definition) is 3. The molecule has 0 aliphatic heterocycles. The lowest BCUT2D eigenvalue weighted by molar-refractivity contribution is 0.612. The first-order chi connectivity index (χ1) is 9.99. The lowest BCUT2D eigenvalue weighted by Gasteiger charge is -2.25. The summed E-state index contributed by atoms with van der Waals surface area (Å²) in [6, 6.07) is 7.25. The smallest absolute Gasteiger partial charge is 0.126 e. The van der Waals surface area contributed by atoms with E-state index in [1.807, 2.05) is 32.2 Å². The van der Waals surface area contributed by atoms with Crippen LogP contribution in [-0.2, 0) is 6.42 Å². The minimum atomic E-state index is -0.200. The molecule has 0 aliphatic carbocycles. The molecule has 1 heterocycles. The number of pyridine rings is 1. The van der Waals surface area contributed by atoms with Gasteiger partial charge in [0.05, 0.1) is 0 Å². The first kappa shape index (κ1) is 15.4. The number of nitrogens with zero attached hydrogens (tertiary/aromatic N) is 2. The average molecular weight is 287 g/mol. The van der Waals surface area contributed by atoms with Crippen LogP contribution in [0.15, 0.2) is 36.7 Å². The minimum absolute atomic E-state index is 0.196. The number of rotatable bonds is 5. The summed E-state index contributed by atoms with van der Waals surface area (Å²) in [5, 5.41) is 0. The molecule has 21 heavy (non-hydrogen) atoms. The van der Waals surface area contributed by atoms with Gasteiger partial charge in [0.2, 0.25) is 0 Å². The maximum Gasteiger partial charge on any atom is 0.126 e. The molecule has 1 atom stereocenters. The topological polar surface area (TPSA) is 42.2 Å². The van der Waals surface area contributed by atoms with Crippen LogP contribution >= 0.6 is 0 Å². The Balaban J connectivity index is 2.18. The van der Waals surface area contributed by atoms with Gasteiger partial charge in [0.15, 0.2) is 0 Å². The number of aromatic nitrogens is 1. The van der Waals surface area contributed by atoms with Gasteiger partial charge >= 0.3 is 0 Å². The molecule has 4 heteroatoms. The van der Waals surface area contributed by atoms with Gasteiger partial charge in [-0.2, -0.15) is 0 Å². The van der Waals surface area contributed by atoms with Crippen LogP contribution in [0.5, 0.6) is 0 Å². The van der Waals surface area contributed by atoms with Crippen molar-refractivity contribution in [3.8, 4) is 0 Å². The molecular formula is C17H22FN3. The van der Waals surface area contributed by atoms with Crippen molar-refractivity contribution in [2.24, 2.45) is 5.73 Å². The molecule has 0 saturated heterocycles. The SMILES string of the molecule is Cc1cc(N(C)CCc2ccncc2)c([C@@H](C)N)cc1F. The Labute approximate surface area is 125 Å². The number of halogens is 1. The fourth-order valence-electron chi connectivity index (χ4n) is 2.34. The lowest BCUT2D eigenvalue weighted by atomic mass is 10.0. The molecule has 0 aliphatic rings. The molecular weight excluding hydrogens is 265 g/mol. The fourth-order valence-corrected chi connectivity index (χ4v) is 2.34. The Kier molecular flexibility index (Phi) is 4.91. The summed E-state index contributed by atoms with van der Waals surface area (Å²) in [7, 11) is 2.01. The molecule has 2 rings (SSSR count). The van der Waals surface area contributed by atoms with Gasteiger partial charge in [0, 0.05) is 37.7 Å². The van der Waals surface area contributed by atoms with Gasteiger partial charge in [0.1, 0.15) is 5.82 Å². The van der Waals surface area contributed by atoms with E-state index in [2.05, 4.69) is 9.88 Å². The average Bonchev–Trinajstić information content (AvgIpc) is 2.48. The summed E-state index contributed by atoms with van der Waals surface area (Å²) in [6.45, 7) is 4.50. The van der Waals surface area contributed by atoms with Crippen LogP contribution < -0.4 is 10.6 Å². The highest BCUT2D eigenvalue weighted by Crippen LogP contribution is 2.27. The molecule has 0 spiro atoms. The molecule has 2 N–H and O–H groups in total. The second-order valence-corrected chi connectivity index (χ2v) is 5.48. The van der Waals surface area contributed by atoms with E-state index in [-0.39, 0.29) is 11.9 Å². The van der Waals surface area contributed by atoms with E-state index < -0.39 is 0 Å². The van der Waals surface area contributed by atoms with Gasteiger partial charge in [-0.05, 0) is 61.2 Å². The van der Waals surface area contributed by atoms with Gasteiger partial charge in [0.25, 0.3) is 0 Å². The molecule has 0 radical (unpaired) electrons. The third-order valence-electron chi connectivity index (χ3n) is 3.69. The first-order valence-corrected chi connectivity index (χ1v) is 7.14. The van der Waals surface area contributed by atoms with Crippen molar-refractivity contribution in [1.82, 2.24) is 4.98 Å². The van der Waals surface area contributed by atoms with Crippen molar-refractivity contribution in [2.75, 3.05) is 18.5 Å². The standard InChI is InChI=1S/C17H22FN3/c1-12-10-17(15(13(2)19)11-16(12)18)21(3)9-6-14-4-7-20-8-5-14/h4-5,7-8,10-11,13H,6,9,19H2,1-3H3/t13-/m1/s1. The highest BCUT2D eigenvalue weighted by atomic mass is 19.1. The van der Waals surface area contributed by atoms with Gasteiger partial charge in [-0.3, -0.25) is 4.98 Å². The molecule has 0 amide bonds. The highest BCUT2D eigenvalue weighted by Gasteiger charge is 2.14. The Morgan fingerprint density at radius 2 is 1.95 bits per heavy atom. The Morgan fingerprint density at radius 1 is 1.29 bits per heavy atom. The third kappa shape index (κ3) is 3.79. The maximum absolute atomic E-state index is 13.8. The highest BCUT2D eigenvalue weighted by molar-refractivity contribution is 5.56. The Hall–Kier alpha value is -1.94. The number of aryl methyl sites for hydroxylation is 1. The molecule has 1 aromatic carbocycles. The van der Waals surface area contributed by atoms with Crippen molar-refractivity contribution in [3.63, 3.8) is 0 Å². The molecule has 0 bridgehead atoms. The second kappa shape index (κ2) is 6.68. The van der Waals surface area contributed by atoms with Crippen molar-refractivity contribution < 1.29 is 4.39 Å². The number of anilines is 1. The van der Waals surface area contributed by atoms with Gasteiger partial charge in [-0.25, -0.2) is 4.39 Å². The van der Waals surface area contributed by atoms with E-state index in [1.165, 1.54) is 5.56 Å². The van der Waals surface area contributed by atoms with Crippen LogP contribution in [0, 0.1) is 12.7 Å². The molecule has 0 saturated carbocycles. The monoisotopic (exact) mass is 287 g/mol. The molecule has 0 fully saturated rings. The minimum Gasteiger partial charge on any atom is -0.374 e. The fraction of sp³-hybridized carbons (Fsp3) is 0.353. The van der Waals surface area contributed by atoms with Gasteiger partial charge in [-0.15, -0.1) is 0 Å². The molecule has 112 valence electrons. The summed E-state index contributed by atoms with van der Waals surface area (Å²) in [4.78, 5) is 6.15. The van der Waals surface area contributed by atoms with Crippen LogP contribution in [0.2, 0.25) is 0 Å². The number of benzene rings is 1. The van der Waals surface area contributed by atoms with Crippen LogP contribution in [0.1, 0.15) is 29.7 Å². The van der Waals surface area contributed by atoms with Crippen molar-refractivity contribution in [3.05, 3.63) is 59.2 Å². The first-order valence-electron chi connectivity index (χ1n) is 7.14. The molecule has 1 aromatic heterocycles. The number of hydrogen-bond donors (Lipinski definition) is 1. The number of likely N-dealkylation sites (N-methyl/N-ethyl adjacent to an activating group) is 1. The Bertz CT molecular complexity index is 596. The predicted octanol–water partition coefficient (Wildman–Crippen LogP) is 3.23. The van der Waals surface area contributed by atoms with E-state index in [0.29, 0.717) is 5.56 Å². The van der Waals surface area contributed by atoms with E-state index in [4.69, 9.17) is 5.73 Å². The zero-order chi connectivity index (χ0) is 15.4. The van der Waals surface area contributed by atoms with Gasteiger partial charge in [-0.1, -0.05) is 0 Å². The lowest BCUT2D eigenvalue weighted by Crippen LogP contribution is -2.23. The van der Waals surface area contributed by atoms with Crippen LogP contribution in [0.3, 0.4) is 0 Å². The summed E-state index contributed by atoms with van der Waals surface area (Å²) in [6.07, 6.45) is 4.50. The second-order valence-electron chi connectivity index (χ2n) is 5.48. The summed E-state index contributed by atoms with van der Waals surface area (Å²) in [5.41, 5.74) is 9.70. The number of nitrogens with two attached hydrogens (primary N) is 1. The molecule has 3 nitrogen and oxygen atoms in total. The van der Waals surface area contributed by atoms with Gasteiger partial charge < -0.3 is 10.6 Å². The van der Waals surface area contributed by atoms with E-state index >= 15 is 0 Å².